The highest BCUT2D eigenvalue weighted by atomic mass is 16.3. The molecule has 0 saturated heterocycles. The average molecular weight is 204 g/mol. The van der Waals surface area contributed by atoms with Crippen LogP contribution in [0.5, 0.6) is 5.75 Å². The van der Waals surface area contributed by atoms with Crippen molar-refractivity contribution in [3.63, 3.8) is 0 Å². The zero-order valence-corrected chi connectivity index (χ0v) is 8.78. The first-order chi connectivity index (χ1) is 7.24. The Bertz CT molecular complexity index is 347. The van der Waals surface area contributed by atoms with Gasteiger partial charge in [-0.1, -0.05) is 12.1 Å². The van der Waals surface area contributed by atoms with E-state index in [1.807, 2.05) is 18.2 Å². The van der Waals surface area contributed by atoms with Crippen molar-refractivity contribution >= 4 is 5.78 Å². The Balaban J connectivity index is 1.94. The third-order valence-corrected chi connectivity index (χ3v) is 3.10. The zero-order chi connectivity index (χ0) is 10.7. The highest BCUT2D eigenvalue weighted by molar-refractivity contribution is 5.79. The number of benzene rings is 1. The van der Waals surface area contributed by atoms with Crippen LogP contribution in [0.2, 0.25) is 0 Å². The van der Waals surface area contributed by atoms with Crippen LogP contribution in [0.25, 0.3) is 0 Å². The second-order valence-corrected chi connectivity index (χ2v) is 4.36. The van der Waals surface area contributed by atoms with Gasteiger partial charge in [0.05, 0.1) is 0 Å². The lowest BCUT2D eigenvalue weighted by Crippen LogP contribution is -2.15. The van der Waals surface area contributed by atoms with Crippen LogP contribution in [0.4, 0.5) is 0 Å². The molecule has 0 spiro atoms. The van der Waals surface area contributed by atoms with Gasteiger partial charge >= 0.3 is 0 Å². The van der Waals surface area contributed by atoms with Crippen molar-refractivity contribution in [3.05, 3.63) is 29.8 Å². The maximum Gasteiger partial charge on any atom is 0.132 e. The molecule has 1 aliphatic carbocycles. The number of phenolic OH excluding ortho intramolecular Hbond substituents is 1. The van der Waals surface area contributed by atoms with Crippen LogP contribution in [0, 0.1) is 5.92 Å². The molecule has 0 radical (unpaired) electrons. The summed E-state index contributed by atoms with van der Waals surface area (Å²) in [5, 5.41) is 9.33. The second kappa shape index (κ2) is 4.47. The highest BCUT2D eigenvalue weighted by Crippen LogP contribution is 2.26. The molecule has 80 valence electrons. The number of hydrogen-bond donors (Lipinski definition) is 1. The molecule has 0 heterocycles. The number of aromatic hydroxyl groups is 1. The molecule has 0 bridgehead atoms. The van der Waals surface area contributed by atoms with Crippen LogP contribution in [-0.4, -0.2) is 10.9 Å². The van der Waals surface area contributed by atoms with Gasteiger partial charge in [-0.3, -0.25) is 4.79 Å². The van der Waals surface area contributed by atoms with Crippen molar-refractivity contribution in [1.29, 1.82) is 0 Å². The van der Waals surface area contributed by atoms with E-state index in [0.29, 0.717) is 17.5 Å². The average Bonchev–Trinajstić information content (AvgIpc) is 2.22. The van der Waals surface area contributed by atoms with Gasteiger partial charge in [0.25, 0.3) is 0 Å². The smallest absolute Gasteiger partial charge is 0.132 e. The van der Waals surface area contributed by atoms with Crippen molar-refractivity contribution in [2.45, 2.75) is 32.1 Å². The summed E-state index contributed by atoms with van der Waals surface area (Å²) < 4.78 is 0. The molecule has 0 amide bonds. The quantitative estimate of drug-likeness (QED) is 0.804. The summed E-state index contributed by atoms with van der Waals surface area (Å²) in [6.07, 6.45) is 4.48. The standard InChI is InChI=1S/C13H16O2/c14-12-6-4-10(5-7-12)8-11-2-1-3-13(15)9-11/h1-3,9-10,15H,4-8H2. The van der Waals surface area contributed by atoms with Crippen LogP contribution in [0.15, 0.2) is 24.3 Å². The minimum absolute atomic E-state index is 0.333. The first-order valence-electron chi connectivity index (χ1n) is 5.53. The molecule has 1 aromatic rings. The molecule has 0 atom stereocenters. The molecule has 1 aromatic carbocycles. The van der Waals surface area contributed by atoms with Crippen molar-refractivity contribution in [2.75, 3.05) is 0 Å². The highest BCUT2D eigenvalue weighted by Gasteiger charge is 2.18. The van der Waals surface area contributed by atoms with Gasteiger partial charge in [0.2, 0.25) is 0 Å². The molecule has 1 saturated carbocycles. The third kappa shape index (κ3) is 2.82. The van der Waals surface area contributed by atoms with Gasteiger partial charge in [0.1, 0.15) is 11.5 Å². The fourth-order valence-corrected chi connectivity index (χ4v) is 2.22. The monoisotopic (exact) mass is 204 g/mol. The van der Waals surface area contributed by atoms with Gasteiger partial charge in [0, 0.05) is 12.8 Å². The molecule has 0 aromatic heterocycles. The van der Waals surface area contributed by atoms with Crippen LogP contribution < -0.4 is 0 Å². The molecule has 15 heavy (non-hydrogen) atoms. The van der Waals surface area contributed by atoms with Gasteiger partial charge in [-0.15, -0.1) is 0 Å². The van der Waals surface area contributed by atoms with E-state index in [0.717, 1.165) is 32.1 Å². The summed E-state index contributed by atoms with van der Waals surface area (Å²) in [5.74, 6) is 1.35. The molecule has 0 aliphatic heterocycles. The fourth-order valence-electron chi connectivity index (χ4n) is 2.22. The van der Waals surface area contributed by atoms with E-state index in [-0.39, 0.29) is 0 Å². The van der Waals surface area contributed by atoms with Crippen molar-refractivity contribution in [3.8, 4) is 5.75 Å². The molecule has 1 N–H and O–H groups in total. The number of phenols is 1. The largest absolute Gasteiger partial charge is 0.508 e. The SMILES string of the molecule is O=C1CCC(Cc2cccc(O)c2)CC1. The van der Waals surface area contributed by atoms with E-state index in [4.69, 9.17) is 0 Å². The molecule has 1 aliphatic rings. The van der Waals surface area contributed by atoms with E-state index in [9.17, 15) is 9.90 Å². The number of Topliss-reactive ketones (excluding diaryl/α,β-unsaturated/α-hetero) is 1. The Morgan fingerprint density at radius 3 is 2.67 bits per heavy atom. The van der Waals surface area contributed by atoms with E-state index < -0.39 is 0 Å². The van der Waals surface area contributed by atoms with Crippen molar-refractivity contribution in [2.24, 2.45) is 5.92 Å². The minimum atomic E-state index is 0.333. The Kier molecular flexibility index (Phi) is 3.05. The second-order valence-electron chi connectivity index (χ2n) is 4.36. The molecular formula is C13H16O2. The van der Waals surface area contributed by atoms with Gasteiger partial charge < -0.3 is 5.11 Å². The molecule has 2 nitrogen and oxygen atoms in total. The molecule has 2 rings (SSSR count). The lowest BCUT2D eigenvalue weighted by Gasteiger charge is -2.20. The molecule has 2 heteroatoms. The van der Waals surface area contributed by atoms with Gasteiger partial charge in [0.15, 0.2) is 0 Å². The lowest BCUT2D eigenvalue weighted by molar-refractivity contribution is -0.121. The zero-order valence-electron chi connectivity index (χ0n) is 8.78. The van der Waals surface area contributed by atoms with E-state index in [1.54, 1.807) is 6.07 Å². The summed E-state index contributed by atoms with van der Waals surface area (Å²) >= 11 is 0. The molecular weight excluding hydrogens is 188 g/mol. The van der Waals surface area contributed by atoms with Gasteiger partial charge in [-0.2, -0.15) is 0 Å². The number of carbonyl (C=O) groups is 1. The third-order valence-electron chi connectivity index (χ3n) is 3.10. The number of carbonyl (C=O) groups excluding carboxylic acids is 1. The minimum Gasteiger partial charge on any atom is -0.508 e. The molecule has 0 unspecified atom stereocenters. The van der Waals surface area contributed by atoms with Crippen molar-refractivity contribution in [1.82, 2.24) is 0 Å². The topological polar surface area (TPSA) is 37.3 Å². The van der Waals surface area contributed by atoms with Crippen LogP contribution in [0.1, 0.15) is 31.2 Å². The van der Waals surface area contributed by atoms with Gasteiger partial charge in [-0.25, -0.2) is 0 Å². The Morgan fingerprint density at radius 2 is 2.00 bits per heavy atom. The summed E-state index contributed by atoms with van der Waals surface area (Å²) in [6.45, 7) is 0. The van der Waals surface area contributed by atoms with E-state index in [1.165, 1.54) is 5.56 Å². The van der Waals surface area contributed by atoms with E-state index in [2.05, 4.69) is 0 Å². The Morgan fingerprint density at radius 1 is 1.27 bits per heavy atom. The first kappa shape index (κ1) is 10.2. The Labute approximate surface area is 89.9 Å². The lowest BCUT2D eigenvalue weighted by atomic mass is 9.84. The van der Waals surface area contributed by atoms with Crippen LogP contribution >= 0.6 is 0 Å². The Hall–Kier alpha value is -1.31. The first-order valence-corrected chi connectivity index (χ1v) is 5.53. The van der Waals surface area contributed by atoms with E-state index >= 15 is 0 Å². The number of rotatable bonds is 2. The summed E-state index contributed by atoms with van der Waals surface area (Å²) in [4.78, 5) is 11.1. The predicted octanol–water partition coefficient (Wildman–Crippen LogP) is 2.69. The van der Waals surface area contributed by atoms with Crippen molar-refractivity contribution < 1.29 is 9.90 Å². The number of ketones is 1. The molecule has 1 fully saturated rings. The van der Waals surface area contributed by atoms with Crippen LogP contribution in [-0.2, 0) is 11.2 Å². The van der Waals surface area contributed by atoms with Gasteiger partial charge in [-0.05, 0) is 42.9 Å². The summed E-state index contributed by atoms with van der Waals surface area (Å²) in [6, 6.07) is 7.42. The summed E-state index contributed by atoms with van der Waals surface area (Å²) in [5.41, 5.74) is 1.18. The maximum absolute atomic E-state index is 11.1. The fraction of sp³-hybridized carbons (Fsp3) is 0.462. The normalized spacial score (nSPS) is 18.0. The van der Waals surface area contributed by atoms with Crippen LogP contribution in [0.3, 0.4) is 0 Å². The maximum atomic E-state index is 11.1. The summed E-state index contributed by atoms with van der Waals surface area (Å²) in [7, 11) is 0. The predicted molar refractivity (Wildman–Crippen MR) is 58.8 cm³/mol. The number of hydrogen-bond acceptors (Lipinski definition) is 2.